The Bertz CT molecular complexity index is 1960. The molecule has 1 aliphatic rings. The maximum absolute atomic E-state index is 13.2. The van der Waals surface area contributed by atoms with Gasteiger partial charge in [0.25, 0.3) is 0 Å². The van der Waals surface area contributed by atoms with Crippen molar-refractivity contribution in [3.8, 4) is 11.1 Å². The fourth-order valence-electron chi connectivity index (χ4n) is 6.18. The fourth-order valence-corrected chi connectivity index (χ4v) is 6.18. The maximum atomic E-state index is 13.2. The molecule has 14 heteroatoms. The zero-order valence-electron chi connectivity index (χ0n) is 29.3. The second-order valence-electron chi connectivity index (χ2n) is 12.6. The van der Waals surface area contributed by atoms with Gasteiger partial charge in [0.15, 0.2) is 0 Å². The number of ether oxygens (including phenoxy) is 1. The topological polar surface area (TPSA) is 212 Å². The molecule has 0 spiro atoms. The third-order valence-corrected chi connectivity index (χ3v) is 8.81. The predicted octanol–water partition coefficient (Wildman–Crippen LogP) is 2.63. The van der Waals surface area contributed by atoms with Crippen LogP contribution in [0.2, 0.25) is 0 Å². The van der Waals surface area contributed by atoms with Crippen LogP contribution < -0.4 is 26.6 Å². The number of hydrogen-bond acceptors (Lipinski definition) is 8. The lowest BCUT2D eigenvalue weighted by Crippen LogP contribution is -2.52. The summed E-state index contributed by atoms with van der Waals surface area (Å²) in [6.45, 7) is -1.60. The van der Waals surface area contributed by atoms with E-state index < -0.39 is 61.4 Å². The number of carboxylic acids is 1. The van der Waals surface area contributed by atoms with Crippen molar-refractivity contribution in [3.63, 3.8) is 0 Å². The summed E-state index contributed by atoms with van der Waals surface area (Å²) < 4.78 is 5.45. The van der Waals surface area contributed by atoms with E-state index in [-0.39, 0.29) is 38.4 Å². The number of alkyl carbamates (subject to hydrolysis) is 1. The summed E-state index contributed by atoms with van der Waals surface area (Å²) >= 11 is 0. The number of carboxylic acid groups (broad SMARTS) is 1. The van der Waals surface area contributed by atoms with Crippen LogP contribution in [-0.2, 0) is 48.2 Å². The number of aliphatic carboxylic acids is 1. The molecule has 0 heterocycles. The van der Waals surface area contributed by atoms with Gasteiger partial charge in [-0.25, -0.2) is 4.79 Å². The normalized spacial score (nSPS) is 12.0. The minimum Gasteiger partial charge on any atom is -0.481 e. The molecule has 280 valence electrons. The molecule has 0 bridgehead atoms. The van der Waals surface area contributed by atoms with Crippen LogP contribution in [0, 0.1) is 0 Å². The molecule has 0 unspecified atom stereocenters. The van der Waals surface area contributed by atoms with Crippen molar-refractivity contribution in [3.05, 3.63) is 125 Å². The van der Waals surface area contributed by atoms with Gasteiger partial charge in [-0.05, 0) is 57.5 Å². The van der Waals surface area contributed by atoms with Crippen molar-refractivity contribution in [2.45, 2.75) is 37.8 Å². The quantitative estimate of drug-likeness (QED) is 0.0849. The highest BCUT2D eigenvalue weighted by Crippen LogP contribution is 2.44. The molecule has 0 aliphatic heterocycles. The Labute approximate surface area is 311 Å². The number of aryl methyl sites for hydroxylation is 1. The Hall–Kier alpha value is -6.54. The Balaban J connectivity index is 1.08. The van der Waals surface area contributed by atoms with Crippen LogP contribution in [0.25, 0.3) is 11.1 Å². The SMILES string of the molecule is O=C(O)CCc1cc(NC(=O)CNC(=O)[C@H](Cc2ccccc2)NC(=O)CNC(=O)CNC(=O)OCC2c3ccccc3-c3ccccc32)ccc1CO. The molecule has 14 nitrogen and oxygen atoms in total. The monoisotopic (exact) mass is 735 g/mol. The molecule has 0 saturated heterocycles. The van der Waals surface area contributed by atoms with E-state index in [0.29, 0.717) is 16.8 Å². The summed E-state index contributed by atoms with van der Waals surface area (Å²) in [5.41, 5.74) is 6.45. The van der Waals surface area contributed by atoms with Crippen LogP contribution in [0.5, 0.6) is 0 Å². The molecular weight excluding hydrogens is 694 g/mol. The van der Waals surface area contributed by atoms with Gasteiger partial charge >= 0.3 is 12.1 Å². The zero-order chi connectivity index (χ0) is 38.5. The van der Waals surface area contributed by atoms with E-state index in [9.17, 15) is 33.9 Å². The Morgan fingerprint density at radius 1 is 0.685 bits per heavy atom. The second-order valence-corrected chi connectivity index (χ2v) is 12.6. The van der Waals surface area contributed by atoms with Crippen molar-refractivity contribution in [1.29, 1.82) is 0 Å². The van der Waals surface area contributed by atoms with Crippen LogP contribution >= 0.6 is 0 Å². The van der Waals surface area contributed by atoms with Crippen LogP contribution in [0.3, 0.4) is 0 Å². The lowest BCUT2D eigenvalue weighted by molar-refractivity contribution is -0.137. The zero-order valence-corrected chi connectivity index (χ0v) is 29.3. The molecule has 4 aromatic carbocycles. The van der Waals surface area contributed by atoms with Crippen LogP contribution in [0.1, 0.15) is 40.2 Å². The number of hydrogen-bond donors (Lipinski definition) is 7. The molecule has 0 fully saturated rings. The molecule has 0 saturated carbocycles. The number of nitrogens with one attached hydrogen (secondary N) is 5. The molecule has 0 radical (unpaired) electrons. The molecule has 4 aromatic rings. The van der Waals surface area contributed by atoms with Gasteiger partial charge in [-0.1, -0.05) is 84.9 Å². The van der Waals surface area contributed by atoms with Gasteiger partial charge in [-0.3, -0.25) is 24.0 Å². The number of amides is 5. The van der Waals surface area contributed by atoms with Crippen LogP contribution in [-0.4, -0.2) is 78.2 Å². The van der Waals surface area contributed by atoms with E-state index in [2.05, 4.69) is 26.6 Å². The Kier molecular flexibility index (Phi) is 13.5. The third-order valence-electron chi connectivity index (χ3n) is 8.81. The standard InChI is InChI=1S/C40H41N5O9/c46-23-27-14-16-28(19-26(27)15-17-38(50)51)44-36(48)22-42-39(52)34(18-25-8-2-1-3-9-25)45-37(49)21-41-35(47)20-43-40(53)54-24-33-31-12-6-4-10-29(31)30-11-5-7-13-32(30)33/h1-14,16,19,33-34,46H,15,17-18,20-24H2,(H,41,47)(H,42,52)(H,43,53)(H,44,48)(H,45,49)(H,50,51)/t34-/m0/s1. The summed E-state index contributed by atoms with van der Waals surface area (Å²) in [7, 11) is 0. The molecule has 5 rings (SSSR count). The molecule has 0 aromatic heterocycles. The fraction of sp³-hybridized carbons (Fsp3) is 0.250. The summed E-state index contributed by atoms with van der Waals surface area (Å²) in [4.78, 5) is 74.7. The molecule has 5 amide bonds. The highest BCUT2D eigenvalue weighted by molar-refractivity contribution is 5.96. The van der Waals surface area contributed by atoms with Gasteiger partial charge in [0.2, 0.25) is 23.6 Å². The van der Waals surface area contributed by atoms with E-state index in [0.717, 1.165) is 27.8 Å². The lowest BCUT2D eigenvalue weighted by atomic mass is 9.98. The van der Waals surface area contributed by atoms with E-state index in [1.54, 1.807) is 48.5 Å². The van der Waals surface area contributed by atoms with Gasteiger partial charge < -0.3 is 41.5 Å². The van der Waals surface area contributed by atoms with Crippen LogP contribution in [0.15, 0.2) is 97.1 Å². The minimum absolute atomic E-state index is 0.0731. The van der Waals surface area contributed by atoms with Crippen molar-refractivity contribution in [1.82, 2.24) is 21.3 Å². The molecule has 1 aliphatic carbocycles. The smallest absolute Gasteiger partial charge is 0.407 e. The van der Waals surface area contributed by atoms with Crippen molar-refractivity contribution in [2.75, 3.05) is 31.6 Å². The first kappa shape index (κ1) is 38.7. The largest absolute Gasteiger partial charge is 0.481 e. The lowest BCUT2D eigenvalue weighted by Gasteiger charge is -2.19. The van der Waals surface area contributed by atoms with Gasteiger partial charge in [0.05, 0.1) is 19.7 Å². The first-order chi connectivity index (χ1) is 26.1. The predicted molar refractivity (Wildman–Crippen MR) is 198 cm³/mol. The number of aliphatic hydroxyl groups is 1. The highest BCUT2D eigenvalue weighted by atomic mass is 16.5. The number of carbonyl (C=O) groups excluding carboxylic acids is 5. The van der Waals surface area contributed by atoms with Gasteiger partial charge in [0, 0.05) is 24.4 Å². The van der Waals surface area contributed by atoms with E-state index in [1.807, 2.05) is 48.5 Å². The summed E-state index contributed by atoms with van der Waals surface area (Å²) in [6, 6.07) is 28.3. The first-order valence-electron chi connectivity index (χ1n) is 17.3. The maximum Gasteiger partial charge on any atom is 0.407 e. The third kappa shape index (κ3) is 10.7. The Morgan fingerprint density at radius 3 is 1.98 bits per heavy atom. The van der Waals surface area contributed by atoms with Crippen molar-refractivity contribution in [2.24, 2.45) is 0 Å². The van der Waals surface area contributed by atoms with E-state index >= 15 is 0 Å². The second kappa shape index (κ2) is 18.8. The van der Waals surface area contributed by atoms with E-state index in [4.69, 9.17) is 9.84 Å². The molecule has 1 atom stereocenters. The summed E-state index contributed by atoms with van der Waals surface area (Å²) in [5, 5.41) is 31.1. The number of anilines is 1. The average Bonchev–Trinajstić information content (AvgIpc) is 3.50. The molecule has 7 N–H and O–H groups in total. The highest BCUT2D eigenvalue weighted by Gasteiger charge is 2.29. The number of carbonyl (C=O) groups is 6. The minimum atomic E-state index is -1.10. The van der Waals surface area contributed by atoms with Gasteiger partial charge in [0.1, 0.15) is 19.2 Å². The number of rotatable bonds is 17. The first-order valence-corrected chi connectivity index (χ1v) is 17.3. The molecule has 54 heavy (non-hydrogen) atoms. The van der Waals surface area contributed by atoms with Crippen molar-refractivity contribution < 1.29 is 43.7 Å². The summed E-state index contributed by atoms with van der Waals surface area (Å²) in [5.74, 6) is -3.71. The number of benzene rings is 4. The van der Waals surface area contributed by atoms with Crippen LogP contribution in [0.4, 0.5) is 10.5 Å². The molecular formula is C40H41N5O9. The average molecular weight is 736 g/mol. The number of fused-ring (bicyclic) bond motifs is 3. The van der Waals surface area contributed by atoms with E-state index in [1.165, 1.54) is 0 Å². The summed E-state index contributed by atoms with van der Waals surface area (Å²) in [6.07, 6.45) is -0.702. The van der Waals surface area contributed by atoms with Gasteiger partial charge in [-0.2, -0.15) is 0 Å². The number of aliphatic hydroxyl groups excluding tert-OH is 1. The van der Waals surface area contributed by atoms with Crippen molar-refractivity contribution >= 4 is 41.4 Å². The Morgan fingerprint density at radius 2 is 1.31 bits per heavy atom. The van der Waals surface area contributed by atoms with Gasteiger partial charge in [-0.15, -0.1) is 0 Å².